The second-order valence-corrected chi connectivity index (χ2v) is 4.95. The Hall–Kier alpha value is -1.83. The minimum absolute atomic E-state index is 0.0964. The van der Waals surface area contributed by atoms with Crippen molar-refractivity contribution < 1.29 is 9.13 Å². The summed E-state index contributed by atoms with van der Waals surface area (Å²) in [5, 5.41) is 11.4. The van der Waals surface area contributed by atoms with Gasteiger partial charge in [0.05, 0.1) is 17.7 Å². The highest BCUT2D eigenvalue weighted by molar-refractivity contribution is 7.11. The zero-order valence-corrected chi connectivity index (χ0v) is 11.6. The van der Waals surface area contributed by atoms with Crippen LogP contribution in [0.4, 0.5) is 4.39 Å². The van der Waals surface area contributed by atoms with Crippen LogP contribution in [-0.2, 0) is 0 Å². The van der Waals surface area contributed by atoms with Gasteiger partial charge >= 0.3 is 0 Å². The van der Waals surface area contributed by atoms with Crippen molar-refractivity contribution in [1.82, 2.24) is 0 Å². The van der Waals surface area contributed by atoms with E-state index in [4.69, 9.17) is 16.3 Å². The lowest BCUT2D eigenvalue weighted by Crippen LogP contribution is -1.90. The molecular formula is C14H9ClFNOS. The van der Waals surface area contributed by atoms with Gasteiger partial charge in [0.1, 0.15) is 6.07 Å². The molecule has 0 saturated heterocycles. The highest BCUT2D eigenvalue weighted by Crippen LogP contribution is 2.33. The van der Waals surface area contributed by atoms with E-state index in [1.165, 1.54) is 36.6 Å². The second-order valence-electron chi connectivity index (χ2n) is 3.63. The maximum Gasteiger partial charge on any atom is 0.165 e. The van der Waals surface area contributed by atoms with Gasteiger partial charge in [-0.3, -0.25) is 0 Å². The summed E-state index contributed by atoms with van der Waals surface area (Å²) in [4.78, 5) is 0.774. The third-order valence-electron chi connectivity index (χ3n) is 2.50. The monoisotopic (exact) mass is 293 g/mol. The first-order valence-corrected chi connectivity index (χ1v) is 6.60. The maximum absolute atomic E-state index is 13.3. The number of ether oxygens (including phenoxy) is 1. The summed E-state index contributed by atoms with van der Waals surface area (Å²) in [5.74, 6) is -0.371. The van der Waals surface area contributed by atoms with Crippen molar-refractivity contribution >= 4 is 33.5 Å². The van der Waals surface area contributed by atoms with Crippen molar-refractivity contribution in [3.8, 4) is 11.8 Å². The highest BCUT2D eigenvalue weighted by Gasteiger charge is 2.12. The number of nitriles is 1. The van der Waals surface area contributed by atoms with Gasteiger partial charge in [0.2, 0.25) is 0 Å². The molecule has 0 spiro atoms. The van der Waals surface area contributed by atoms with Crippen molar-refractivity contribution in [3.05, 3.63) is 52.0 Å². The van der Waals surface area contributed by atoms with Gasteiger partial charge in [-0.1, -0.05) is 23.7 Å². The van der Waals surface area contributed by atoms with E-state index in [-0.39, 0.29) is 10.8 Å². The molecule has 1 aromatic carbocycles. The molecule has 0 N–H and O–H groups in total. The maximum atomic E-state index is 13.3. The molecule has 0 atom stereocenters. The van der Waals surface area contributed by atoms with Crippen LogP contribution < -0.4 is 4.74 Å². The van der Waals surface area contributed by atoms with Crippen LogP contribution in [0.5, 0.6) is 5.75 Å². The number of halogens is 2. The average Bonchev–Trinajstić information content (AvgIpc) is 2.94. The van der Waals surface area contributed by atoms with Gasteiger partial charge in [0.15, 0.2) is 11.6 Å². The first-order chi connectivity index (χ1) is 9.17. The van der Waals surface area contributed by atoms with E-state index >= 15 is 0 Å². The summed E-state index contributed by atoms with van der Waals surface area (Å²) >= 11 is 7.65. The highest BCUT2D eigenvalue weighted by atomic mass is 35.5. The Morgan fingerprint density at radius 3 is 2.79 bits per heavy atom. The summed E-state index contributed by atoms with van der Waals surface area (Å²) in [6.45, 7) is 0. The van der Waals surface area contributed by atoms with Crippen LogP contribution in [0.2, 0.25) is 0 Å². The average molecular weight is 294 g/mol. The van der Waals surface area contributed by atoms with Crippen molar-refractivity contribution in [2.45, 2.75) is 0 Å². The molecule has 96 valence electrons. The summed E-state index contributed by atoms with van der Waals surface area (Å²) in [6, 6.07) is 9.99. The molecule has 5 heteroatoms. The van der Waals surface area contributed by atoms with Crippen LogP contribution in [0, 0.1) is 17.1 Å². The molecule has 0 amide bonds. The van der Waals surface area contributed by atoms with E-state index in [0.717, 1.165) is 4.88 Å². The van der Waals surface area contributed by atoms with E-state index in [1.54, 1.807) is 0 Å². The fourth-order valence-corrected chi connectivity index (χ4v) is 2.62. The Morgan fingerprint density at radius 2 is 2.21 bits per heavy atom. The third kappa shape index (κ3) is 2.78. The molecule has 2 rings (SSSR count). The Labute approximate surface area is 119 Å². The van der Waals surface area contributed by atoms with Crippen LogP contribution in [0.15, 0.2) is 35.7 Å². The first kappa shape index (κ1) is 13.6. The van der Waals surface area contributed by atoms with E-state index in [9.17, 15) is 9.65 Å². The molecule has 1 aromatic heterocycles. The minimum Gasteiger partial charge on any atom is -0.494 e. The molecule has 2 nitrogen and oxygen atoms in total. The number of benzene rings is 1. The van der Waals surface area contributed by atoms with Gasteiger partial charge in [-0.2, -0.15) is 5.26 Å². The molecule has 0 fully saturated rings. The van der Waals surface area contributed by atoms with Gasteiger partial charge in [-0.25, -0.2) is 4.39 Å². The van der Waals surface area contributed by atoms with E-state index in [1.807, 2.05) is 17.5 Å². The Bertz CT molecular complexity index is 659. The number of rotatable bonds is 3. The van der Waals surface area contributed by atoms with Crippen molar-refractivity contribution in [2.75, 3.05) is 7.11 Å². The van der Waals surface area contributed by atoms with Gasteiger partial charge in [-0.05, 0) is 29.1 Å². The van der Waals surface area contributed by atoms with Crippen molar-refractivity contribution in [3.63, 3.8) is 0 Å². The minimum atomic E-state index is -0.467. The molecular weight excluding hydrogens is 285 g/mol. The zero-order valence-electron chi connectivity index (χ0n) is 9.98. The molecule has 0 aliphatic rings. The quantitative estimate of drug-likeness (QED) is 0.779. The number of hydrogen-bond donors (Lipinski definition) is 0. The molecule has 0 bridgehead atoms. The number of nitrogens with zero attached hydrogens (tertiary/aromatic N) is 1. The molecule has 0 aliphatic heterocycles. The second kappa shape index (κ2) is 5.87. The standard InChI is InChI=1S/C14H9ClFNOS/c1-18-12-7-9(4-5-11(12)16)14(15)10(8-17)13-3-2-6-19-13/h2-7H,1H3/b14-10+. The molecule has 1 heterocycles. The van der Waals surface area contributed by atoms with Gasteiger partial charge in [0, 0.05) is 4.88 Å². The summed E-state index contributed by atoms with van der Waals surface area (Å²) < 4.78 is 18.2. The van der Waals surface area contributed by atoms with Crippen molar-refractivity contribution in [1.29, 1.82) is 5.26 Å². The van der Waals surface area contributed by atoms with Crippen LogP contribution in [0.1, 0.15) is 10.4 Å². The Kier molecular flexibility index (Phi) is 4.20. The number of hydrogen-bond acceptors (Lipinski definition) is 3. The lowest BCUT2D eigenvalue weighted by Gasteiger charge is -2.06. The Balaban J connectivity index is 2.54. The van der Waals surface area contributed by atoms with Gasteiger partial charge in [-0.15, -0.1) is 11.3 Å². The smallest absolute Gasteiger partial charge is 0.165 e. The molecule has 2 aromatic rings. The molecule has 0 unspecified atom stereocenters. The normalized spacial score (nSPS) is 11.7. The Morgan fingerprint density at radius 1 is 1.42 bits per heavy atom. The van der Waals surface area contributed by atoms with Crippen LogP contribution in [-0.4, -0.2) is 7.11 Å². The third-order valence-corrected chi connectivity index (χ3v) is 3.80. The zero-order chi connectivity index (χ0) is 13.8. The number of allylic oxidation sites excluding steroid dienone is 1. The number of thiophene rings is 1. The van der Waals surface area contributed by atoms with E-state index < -0.39 is 5.82 Å². The molecule has 19 heavy (non-hydrogen) atoms. The molecule has 0 aliphatic carbocycles. The summed E-state index contributed by atoms with van der Waals surface area (Å²) in [5.41, 5.74) is 0.912. The number of methoxy groups -OCH3 is 1. The molecule has 0 saturated carbocycles. The fourth-order valence-electron chi connectivity index (χ4n) is 1.57. The largest absolute Gasteiger partial charge is 0.494 e. The summed E-state index contributed by atoms with van der Waals surface area (Å²) in [6.07, 6.45) is 0. The fraction of sp³-hybridized carbons (Fsp3) is 0.0714. The van der Waals surface area contributed by atoms with Gasteiger partial charge in [0.25, 0.3) is 0 Å². The predicted molar refractivity (Wildman–Crippen MR) is 75.6 cm³/mol. The topological polar surface area (TPSA) is 33.0 Å². The SMILES string of the molecule is COc1cc(/C(Cl)=C(/C#N)c2cccs2)ccc1F. The van der Waals surface area contributed by atoms with Crippen LogP contribution >= 0.6 is 22.9 Å². The van der Waals surface area contributed by atoms with Crippen LogP contribution in [0.3, 0.4) is 0 Å². The molecule has 0 radical (unpaired) electrons. The first-order valence-electron chi connectivity index (χ1n) is 5.35. The van der Waals surface area contributed by atoms with Gasteiger partial charge < -0.3 is 4.74 Å². The summed E-state index contributed by atoms with van der Waals surface area (Å²) in [7, 11) is 1.38. The van der Waals surface area contributed by atoms with Crippen LogP contribution in [0.25, 0.3) is 10.6 Å². The predicted octanol–water partition coefficient (Wildman–Crippen LogP) is 4.53. The van der Waals surface area contributed by atoms with E-state index in [2.05, 4.69) is 6.07 Å². The lowest BCUT2D eigenvalue weighted by molar-refractivity contribution is 0.386. The van der Waals surface area contributed by atoms with E-state index in [0.29, 0.717) is 11.1 Å². The lowest BCUT2D eigenvalue weighted by atomic mass is 10.1. The van der Waals surface area contributed by atoms with Crippen molar-refractivity contribution in [2.24, 2.45) is 0 Å².